The highest BCUT2D eigenvalue weighted by Gasteiger charge is 2.47. The van der Waals surface area contributed by atoms with Crippen LogP contribution >= 0.6 is 0 Å². The number of aryl methyl sites for hydroxylation is 2. The van der Waals surface area contributed by atoms with E-state index < -0.39 is 61.8 Å². The number of fused-ring (bicyclic) bond motifs is 6. The van der Waals surface area contributed by atoms with Crippen molar-refractivity contribution in [3.8, 4) is 28.7 Å². The zero-order valence-corrected chi connectivity index (χ0v) is 28.6. The zero-order chi connectivity index (χ0) is 36.4. The molecule has 14 heteroatoms. The molecule has 14 nitrogen and oxygen atoms in total. The number of aliphatic hydroxyl groups excluding tert-OH is 3. The molecule has 0 bridgehead atoms. The van der Waals surface area contributed by atoms with Crippen LogP contribution in [0, 0.1) is 5.92 Å². The summed E-state index contributed by atoms with van der Waals surface area (Å²) in [5.41, 5.74) is 3.86. The van der Waals surface area contributed by atoms with Crippen molar-refractivity contribution in [2.45, 2.75) is 88.2 Å². The third kappa shape index (κ3) is 7.62. The van der Waals surface area contributed by atoms with E-state index in [-0.39, 0.29) is 18.5 Å². The van der Waals surface area contributed by atoms with E-state index in [0.717, 1.165) is 42.4 Å². The van der Waals surface area contributed by atoms with Gasteiger partial charge in [0.15, 0.2) is 29.6 Å². The van der Waals surface area contributed by atoms with Crippen molar-refractivity contribution in [1.29, 1.82) is 0 Å². The van der Waals surface area contributed by atoms with Crippen LogP contribution in [0.5, 0.6) is 28.7 Å². The van der Waals surface area contributed by atoms with Crippen molar-refractivity contribution >= 4 is 11.9 Å². The molecule has 4 heterocycles. The van der Waals surface area contributed by atoms with Crippen LogP contribution in [0.4, 0.5) is 0 Å². The molecule has 3 aromatic rings. The van der Waals surface area contributed by atoms with Gasteiger partial charge in [0.2, 0.25) is 6.79 Å². The molecule has 0 radical (unpaired) electrons. The van der Waals surface area contributed by atoms with Crippen LogP contribution in [0.3, 0.4) is 0 Å². The van der Waals surface area contributed by atoms with E-state index in [2.05, 4.69) is 31.2 Å². The highest BCUT2D eigenvalue weighted by atomic mass is 17.2. The molecule has 4 aliphatic heterocycles. The summed E-state index contributed by atoms with van der Waals surface area (Å²) in [4.78, 5) is 33.6. The Kier molecular flexibility index (Phi) is 10.7. The third-order valence-electron chi connectivity index (χ3n) is 10.1. The predicted molar refractivity (Wildman–Crippen MR) is 179 cm³/mol. The molecule has 278 valence electrons. The number of carbonyl (C=O) groups is 2. The number of hydrogen-bond acceptors (Lipinski definition) is 13. The second-order valence-electron chi connectivity index (χ2n) is 13.5. The zero-order valence-electron chi connectivity index (χ0n) is 28.6. The summed E-state index contributed by atoms with van der Waals surface area (Å²) in [5.74, 6) is 0.750. The smallest absolute Gasteiger partial charge is 0.317 e. The Labute approximate surface area is 299 Å². The summed E-state index contributed by atoms with van der Waals surface area (Å²) < 4.78 is 34.3. The van der Waals surface area contributed by atoms with Gasteiger partial charge >= 0.3 is 11.9 Å². The highest BCUT2D eigenvalue weighted by Crippen LogP contribution is 2.55. The number of carbonyl (C=O) groups excluding carboxylic acids is 1. The number of benzene rings is 3. The van der Waals surface area contributed by atoms with Gasteiger partial charge in [-0.15, -0.1) is 0 Å². The van der Waals surface area contributed by atoms with E-state index >= 15 is 0 Å². The molecule has 0 aromatic heterocycles. The van der Waals surface area contributed by atoms with Crippen LogP contribution in [0.2, 0.25) is 0 Å². The maximum atomic E-state index is 11.7. The number of aliphatic hydroxyl groups is 3. The fourth-order valence-electron chi connectivity index (χ4n) is 7.20. The normalized spacial score (nSPS) is 25.9. The quantitative estimate of drug-likeness (QED) is 0.0815. The molecule has 0 aliphatic carbocycles. The second kappa shape index (κ2) is 15.6. The van der Waals surface area contributed by atoms with Gasteiger partial charge < -0.3 is 53.7 Å². The van der Waals surface area contributed by atoms with Gasteiger partial charge in [0, 0.05) is 17.2 Å². The van der Waals surface area contributed by atoms with Gasteiger partial charge in [0.25, 0.3) is 0 Å². The van der Waals surface area contributed by atoms with Gasteiger partial charge in [0.05, 0.1) is 12.5 Å². The molecule has 3 aromatic carbocycles. The molecule has 0 amide bonds. The van der Waals surface area contributed by atoms with Crippen LogP contribution in [0.15, 0.2) is 54.6 Å². The maximum Gasteiger partial charge on any atom is 0.317 e. The first-order chi connectivity index (χ1) is 25.2. The third-order valence-corrected chi connectivity index (χ3v) is 10.1. The van der Waals surface area contributed by atoms with Gasteiger partial charge in [-0.25, -0.2) is 0 Å². The van der Waals surface area contributed by atoms with Crippen molar-refractivity contribution in [3.63, 3.8) is 0 Å². The van der Waals surface area contributed by atoms with Gasteiger partial charge in [0.1, 0.15) is 48.9 Å². The topological polar surface area (TPSA) is 189 Å². The van der Waals surface area contributed by atoms with Gasteiger partial charge in [-0.2, -0.15) is 4.89 Å². The summed E-state index contributed by atoms with van der Waals surface area (Å²) in [6.45, 7) is 2.13. The summed E-state index contributed by atoms with van der Waals surface area (Å²) in [5, 5.41) is 40.9. The summed E-state index contributed by atoms with van der Waals surface area (Å²) >= 11 is 0. The molecule has 1 saturated heterocycles. The molecule has 0 saturated carbocycles. The number of aliphatic carboxylic acids is 1. The van der Waals surface area contributed by atoms with Gasteiger partial charge in [-0.05, 0) is 60.9 Å². The molecule has 4 aliphatic rings. The standard InChI is InChI=1S/C38H42O14/c1-2-20(8-9-21-6-4-3-5-7-21)10-11-22-12-23(51-52-37-34(43)33(42)30(50-38(37)44)18-45-32(41)16-31(39)40)13-25-35(22)46-17-26-24-14-28-29(48-19-47-28)15-27(24)49-36(25)26/h3-7,12-15,20,26,30,33-34,36-38,42-44H,2,8-11,16-19H2,1H3,(H,39,40)/t20-,26-,30-,33-,34+,36-,37-,38-/m1/s1. The van der Waals surface area contributed by atoms with E-state index in [4.69, 9.17) is 43.3 Å². The largest absolute Gasteiger partial charge is 0.492 e. The lowest BCUT2D eigenvalue weighted by Gasteiger charge is -2.39. The number of rotatable bonds is 14. The summed E-state index contributed by atoms with van der Waals surface area (Å²) in [6.07, 6.45) is -4.81. The molecule has 8 atom stereocenters. The van der Waals surface area contributed by atoms with Crippen LogP contribution < -0.4 is 23.8 Å². The molecule has 0 unspecified atom stereocenters. The molecule has 1 fully saturated rings. The molecule has 52 heavy (non-hydrogen) atoms. The fraction of sp³-hybridized carbons (Fsp3) is 0.474. The lowest BCUT2D eigenvalue weighted by atomic mass is 9.86. The lowest BCUT2D eigenvalue weighted by molar-refractivity contribution is -0.365. The van der Waals surface area contributed by atoms with E-state index in [1.54, 1.807) is 12.1 Å². The van der Waals surface area contributed by atoms with Crippen LogP contribution in [0.1, 0.15) is 66.9 Å². The Hall–Kier alpha value is -4.60. The molecular weight excluding hydrogens is 680 g/mol. The first-order valence-corrected chi connectivity index (χ1v) is 17.5. The van der Waals surface area contributed by atoms with Gasteiger partial charge in [-0.1, -0.05) is 43.7 Å². The Morgan fingerprint density at radius 3 is 2.44 bits per heavy atom. The van der Waals surface area contributed by atoms with E-state index in [1.165, 1.54) is 5.56 Å². The van der Waals surface area contributed by atoms with Crippen LogP contribution in [-0.4, -0.2) is 83.1 Å². The maximum absolute atomic E-state index is 11.7. The predicted octanol–water partition coefficient (Wildman–Crippen LogP) is 3.75. The second-order valence-corrected chi connectivity index (χ2v) is 13.5. The Morgan fingerprint density at radius 1 is 0.904 bits per heavy atom. The SMILES string of the molecule is CC[C@H](CCc1ccccc1)CCc1cc(OO[C@@H]2[C@@H](O)[C@H](O)[C@@H](COC(=O)CC(=O)O)O[C@H]2O)cc2c1OC[C@@H]1c3cc4c(cc3O[C@H]21)OCO4. The Morgan fingerprint density at radius 2 is 1.67 bits per heavy atom. The first-order valence-electron chi connectivity index (χ1n) is 17.5. The van der Waals surface area contributed by atoms with Crippen molar-refractivity contribution in [1.82, 2.24) is 0 Å². The summed E-state index contributed by atoms with van der Waals surface area (Å²) in [6, 6.07) is 17.7. The van der Waals surface area contributed by atoms with Crippen molar-refractivity contribution in [3.05, 3.63) is 76.9 Å². The Balaban J connectivity index is 1.08. The Bertz CT molecular complexity index is 1750. The van der Waals surface area contributed by atoms with Crippen LogP contribution in [-0.2, 0) is 36.8 Å². The van der Waals surface area contributed by atoms with Crippen molar-refractivity contribution in [2.75, 3.05) is 20.0 Å². The number of ether oxygens (including phenoxy) is 6. The van der Waals surface area contributed by atoms with Crippen molar-refractivity contribution in [2.24, 2.45) is 5.92 Å². The molecule has 7 rings (SSSR count). The minimum Gasteiger partial charge on any atom is -0.492 e. The fourth-order valence-corrected chi connectivity index (χ4v) is 7.20. The molecule has 4 N–H and O–H groups in total. The number of carboxylic acid groups (broad SMARTS) is 1. The summed E-state index contributed by atoms with van der Waals surface area (Å²) in [7, 11) is 0. The van der Waals surface area contributed by atoms with E-state index in [9.17, 15) is 24.9 Å². The van der Waals surface area contributed by atoms with Crippen LogP contribution in [0.25, 0.3) is 0 Å². The molecule has 0 spiro atoms. The number of esters is 1. The lowest BCUT2D eigenvalue weighted by Crippen LogP contribution is -2.59. The highest BCUT2D eigenvalue weighted by molar-refractivity contribution is 5.90. The minimum absolute atomic E-state index is 0.137. The van der Waals surface area contributed by atoms with Crippen molar-refractivity contribution < 1.29 is 68.2 Å². The average molecular weight is 723 g/mol. The number of carboxylic acids is 1. The number of hydrogen-bond donors (Lipinski definition) is 4. The monoisotopic (exact) mass is 722 g/mol. The van der Waals surface area contributed by atoms with E-state index in [0.29, 0.717) is 41.9 Å². The average Bonchev–Trinajstić information content (AvgIpc) is 3.75. The minimum atomic E-state index is -1.79. The van der Waals surface area contributed by atoms with Gasteiger partial charge in [-0.3, -0.25) is 9.59 Å². The molecular formula is C38H42O14. The van der Waals surface area contributed by atoms with E-state index in [1.807, 2.05) is 18.2 Å². The first kappa shape index (κ1) is 35.8.